The van der Waals surface area contributed by atoms with Gasteiger partial charge in [-0.25, -0.2) is 0 Å². The molecule has 0 radical (unpaired) electrons. The minimum absolute atomic E-state index is 0.330. The molecular weight excluding hydrogens is 150 g/mol. The SMILES string of the molecule is CC(C)C1C(C=O)=CCCN1C. The Morgan fingerprint density at radius 3 is 2.75 bits per heavy atom. The lowest BCUT2D eigenvalue weighted by Crippen LogP contribution is -2.40. The molecular formula is C10H17NO. The monoisotopic (exact) mass is 167 g/mol. The van der Waals surface area contributed by atoms with Gasteiger partial charge >= 0.3 is 0 Å². The average molecular weight is 167 g/mol. The summed E-state index contributed by atoms with van der Waals surface area (Å²) in [6, 6.07) is 0.330. The van der Waals surface area contributed by atoms with Crippen LogP contribution in [-0.4, -0.2) is 30.8 Å². The molecule has 1 aliphatic heterocycles. The Balaban J connectivity index is 2.82. The maximum atomic E-state index is 10.7. The average Bonchev–Trinajstić information content (AvgIpc) is 2.03. The third-order valence-corrected chi connectivity index (χ3v) is 2.45. The first-order chi connectivity index (χ1) is 5.66. The summed E-state index contributed by atoms with van der Waals surface area (Å²) in [5.41, 5.74) is 0.957. The number of aldehydes is 1. The summed E-state index contributed by atoms with van der Waals surface area (Å²) in [4.78, 5) is 13.0. The number of hydrogen-bond acceptors (Lipinski definition) is 2. The molecule has 0 amide bonds. The van der Waals surface area contributed by atoms with Crippen molar-refractivity contribution >= 4 is 6.29 Å². The van der Waals surface area contributed by atoms with E-state index in [1.807, 2.05) is 0 Å². The van der Waals surface area contributed by atoms with Crippen LogP contribution in [0.15, 0.2) is 11.6 Å². The molecule has 1 rings (SSSR count). The maximum Gasteiger partial charge on any atom is 0.147 e. The van der Waals surface area contributed by atoms with E-state index in [0.717, 1.165) is 24.8 Å². The van der Waals surface area contributed by atoms with Crippen molar-refractivity contribution < 1.29 is 4.79 Å². The molecule has 0 saturated carbocycles. The smallest absolute Gasteiger partial charge is 0.147 e. The van der Waals surface area contributed by atoms with Crippen molar-refractivity contribution in [1.82, 2.24) is 4.90 Å². The Morgan fingerprint density at radius 1 is 1.67 bits per heavy atom. The normalized spacial score (nSPS) is 25.7. The van der Waals surface area contributed by atoms with Crippen LogP contribution in [0.1, 0.15) is 20.3 Å². The molecule has 1 heterocycles. The van der Waals surface area contributed by atoms with Crippen LogP contribution in [0.25, 0.3) is 0 Å². The highest BCUT2D eigenvalue weighted by molar-refractivity contribution is 5.75. The van der Waals surface area contributed by atoms with Crippen molar-refractivity contribution in [2.45, 2.75) is 26.3 Å². The van der Waals surface area contributed by atoms with Gasteiger partial charge in [-0.3, -0.25) is 9.69 Å². The second kappa shape index (κ2) is 3.85. The Bertz CT molecular complexity index is 196. The number of rotatable bonds is 2. The van der Waals surface area contributed by atoms with Gasteiger partial charge in [0, 0.05) is 18.2 Å². The van der Waals surface area contributed by atoms with Gasteiger partial charge in [0.05, 0.1) is 0 Å². The Hall–Kier alpha value is -0.630. The highest BCUT2D eigenvalue weighted by Crippen LogP contribution is 2.21. The molecule has 12 heavy (non-hydrogen) atoms. The van der Waals surface area contributed by atoms with Gasteiger partial charge in [-0.1, -0.05) is 19.9 Å². The minimum Gasteiger partial charge on any atom is -0.299 e. The molecule has 0 saturated heterocycles. The number of carbonyl (C=O) groups is 1. The predicted molar refractivity (Wildman–Crippen MR) is 50.0 cm³/mol. The summed E-state index contributed by atoms with van der Waals surface area (Å²) >= 11 is 0. The second-order valence-electron chi connectivity index (χ2n) is 3.78. The molecule has 0 aromatic heterocycles. The first-order valence-electron chi connectivity index (χ1n) is 4.52. The van der Waals surface area contributed by atoms with Crippen LogP contribution in [0.2, 0.25) is 0 Å². The second-order valence-corrected chi connectivity index (χ2v) is 3.78. The Kier molecular flexibility index (Phi) is 3.04. The van der Waals surface area contributed by atoms with E-state index in [2.05, 4.69) is 31.9 Å². The molecule has 0 aromatic rings. The van der Waals surface area contributed by atoms with Crippen LogP contribution in [0, 0.1) is 5.92 Å². The zero-order valence-corrected chi connectivity index (χ0v) is 8.08. The highest BCUT2D eigenvalue weighted by atomic mass is 16.1. The first kappa shape index (κ1) is 9.46. The fourth-order valence-electron chi connectivity index (χ4n) is 1.96. The number of nitrogens with zero attached hydrogens (tertiary/aromatic N) is 1. The predicted octanol–water partition coefficient (Wildman–Crippen LogP) is 1.47. The summed E-state index contributed by atoms with van der Waals surface area (Å²) < 4.78 is 0. The van der Waals surface area contributed by atoms with Crippen molar-refractivity contribution in [2.24, 2.45) is 5.92 Å². The van der Waals surface area contributed by atoms with Gasteiger partial charge in [-0.15, -0.1) is 0 Å². The lowest BCUT2D eigenvalue weighted by molar-refractivity contribution is -0.105. The molecule has 1 aliphatic rings. The lowest BCUT2D eigenvalue weighted by Gasteiger charge is -2.34. The summed E-state index contributed by atoms with van der Waals surface area (Å²) in [7, 11) is 2.08. The van der Waals surface area contributed by atoms with Crippen LogP contribution >= 0.6 is 0 Å². The molecule has 1 unspecified atom stereocenters. The van der Waals surface area contributed by atoms with Crippen molar-refractivity contribution in [3.8, 4) is 0 Å². The molecule has 0 aliphatic carbocycles. The van der Waals surface area contributed by atoms with Crippen LogP contribution in [0.4, 0.5) is 0 Å². The molecule has 1 atom stereocenters. The molecule has 0 fully saturated rings. The first-order valence-corrected chi connectivity index (χ1v) is 4.52. The summed E-state index contributed by atoms with van der Waals surface area (Å²) in [5.74, 6) is 0.520. The summed E-state index contributed by atoms with van der Waals surface area (Å²) in [6.45, 7) is 5.38. The van der Waals surface area contributed by atoms with E-state index in [4.69, 9.17) is 0 Å². The van der Waals surface area contributed by atoms with Crippen molar-refractivity contribution in [3.05, 3.63) is 11.6 Å². The fraction of sp³-hybridized carbons (Fsp3) is 0.700. The Morgan fingerprint density at radius 2 is 2.33 bits per heavy atom. The van der Waals surface area contributed by atoms with Crippen LogP contribution in [0.5, 0.6) is 0 Å². The molecule has 68 valence electrons. The molecule has 0 N–H and O–H groups in total. The van der Waals surface area contributed by atoms with E-state index < -0.39 is 0 Å². The van der Waals surface area contributed by atoms with Gasteiger partial charge in [-0.2, -0.15) is 0 Å². The van der Waals surface area contributed by atoms with Crippen molar-refractivity contribution in [1.29, 1.82) is 0 Å². The largest absolute Gasteiger partial charge is 0.299 e. The number of likely N-dealkylation sites (N-methyl/N-ethyl adjacent to an activating group) is 1. The van der Waals surface area contributed by atoms with Gasteiger partial charge in [-0.05, 0) is 19.4 Å². The molecule has 2 nitrogen and oxygen atoms in total. The van der Waals surface area contributed by atoms with Gasteiger partial charge in [0.25, 0.3) is 0 Å². The van der Waals surface area contributed by atoms with Gasteiger partial charge in [0.2, 0.25) is 0 Å². The van der Waals surface area contributed by atoms with E-state index in [1.165, 1.54) is 0 Å². The summed E-state index contributed by atoms with van der Waals surface area (Å²) in [5, 5.41) is 0. The standard InChI is InChI=1S/C10H17NO/c1-8(2)10-9(7-12)5-4-6-11(10)3/h5,7-8,10H,4,6H2,1-3H3. The van der Waals surface area contributed by atoms with E-state index >= 15 is 0 Å². The summed E-state index contributed by atoms with van der Waals surface area (Å²) in [6.07, 6.45) is 4.08. The quantitative estimate of drug-likeness (QED) is 0.580. The van der Waals surface area contributed by atoms with E-state index in [9.17, 15) is 4.79 Å². The number of carbonyl (C=O) groups excluding carboxylic acids is 1. The maximum absolute atomic E-state index is 10.7. The fourth-order valence-corrected chi connectivity index (χ4v) is 1.96. The van der Waals surface area contributed by atoms with Crippen molar-refractivity contribution in [3.63, 3.8) is 0 Å². The van der Waals surface area contributed by atoms with E-state index in [0.29, 0.717) is 12.0 Å². The van der Waals surface area contributed by atoms with Gasteiger partial charge in [0.1, 0.15) is 6.29 Å². The third-order valence-electron chi connectivity index (χ3n) is 2.45. The van der Waals surface area contributed by atoms with Crippen molar-refractivity contribution in [2.75, 3.05) is 13.6 Å². The molecule has 0 aromatic carbocycles. The zero-order chi connectivity index (χ0) is 9.14. The van der Waals surface area contributed by atoms with E-state index in [1.54, 1.807) is 0 Å². The zero-order valence-electron chi connectivity index (χ0n) is 8.08. The van der Waals surface area contributed by atoms with Crippen LogP contribution in [0.3, 0.4) is 0 Å². The third kappa shape index (κ3) is 1.75. The molecule has 0 spiro atoms. The van der Waals surface area contributed by atoms with Gasteiger partial charge < -0.3 is 0 Å². The molecule has 0 bridgehead atoms. The number of hydrogen-bond donors (Lipinski definition) is 0. The highest BCUT2D eigenvalue weighted by Gasteiger charge is 2.24. The van der Waals surface area contributed by atoms with E-state index in [-0.39, 0.29) is 0 Å². The van der Waals surface area contributed by atoms with Gasteiger partial charge in [0.15, 0.2) is 0 Å². The Labute approximate surface area is 74.2 Å². The van der Waals surface area contributed by atoms with Crippen LogP contribution < -0.4 is 0 Å². The van der Waals surface area contributed by atoms with Crippen LogP contribution in [-0.2, 0) is 4.79 Å². The topological polar surface area (TPSA) is 20.3 Å². The minimum atomic E-state index is 0.330. The molecule has 2 heteroatoms. The lowest BCUT2D eigenvalue weighted by atomic mass is 9.92.